The number of aromatic amines is 2. The van der Waals surface area contributed by atoms with Crippen LogP contribution in [0.15, 0.2) is 17.1 Å². The maximum atomic E-state index is 11.9. The first kappa shape index (κ1) is 13.7. The van der Waals surface area contributed by atoms with Gasteiger partial charge in [-0.1, -0.05) is 0 Å². The van der Waals surface area contributed by atoms with E-state index >= 15 is 0 Å². The van der Waals surface area contributed by atoms with E-state index in [2.05, 4.69) is 15.3 Å². The predicted molar refractivity (Wildman–Crippen MR) is 78.4 cm³/mol. The van der Waals surface area contributed by atoms with Crippen LogP contribution in [0.1, 0.15) is 16.1 Å². The van der Waals surface area contributed by atoms with Gasteiger partial charge in [0.25, 0.3) is 5.56 Å². The number of carbonyl (C=O) groups excluding carboxylic acids is 1. The zero-order valence-corrected chi connectivity index (χ0v) is 12.1. The van der Waals surface area contributed by atoms with Gasteiger partial charge in [0, 0.05) is 22.3 Å². The van der Waals surface area contributed by atoms with Crippen molar-refractivity contribution in [2.75, 3.05) is 5.32 Å². The quantitative estimate of drug-likeness (QED) is 0.760. The van der Waals surface area contributed by atoms with Gasteiger partial charge in [-0.3, -0.25) is 9.59 Å². The molecular weight excluding hydrogens is 282 g/mol. The maximum absolute atomic E-state index is 11.9. The fourth-order valence-corrected chi connectivity index (χ4v) is 2.92. The van der Waals surface area contributed by atoms with Crippen LogP contribution in [0, 0.1) is 17.8 Å². The van der Waals surface area contributed by atoms with E-state index in [1.54, 1.807) is 13.0 Å². The SMILES string of the molecule is Cc1[nH]c(=S)sc1CC(=O)Nc1c[nH]c(=O)c(C)c1. The second-order valence-corrected chi connectivity index (χ2v) is 5.96. The van der Waals surface area contributed by atoms with Crippen LogP contribution in [0.3, 0.4) is 0 Å². The molecule has 19 heavy (non-hydrogen) atoms. The molecule has 0 atom stereocenters. The summed E-state index contributed by atoms with van der Waals surface area (Å²) in [5.74, 6) is -0.139. The van der Waals surface area contributed by atoms with E-state index in [0.29, 0.717) is 15.2 Å². The van der Waals surface area contributed by atoms with Crippen molar-refractivity contribution in [3.05, 3.63) is 42.7 Å². The Bertz CT molecular complexity index is 727. The van der Waals surface area contributed by atoms with Crippen LogP contribution in [-0.2, 0) is 11.2 Å². The number of anilines is 1. The van der Waals surface area contributed by atoms with E-state index < -0.39 is 0 Å². The molecule has 0 spiro atoms. The third-order valence-electron chi connectivity index (χ3n) is 2.62. The molecule has 100 valence electrons. The molecule has 2 heterocycles. The van der Waals surface area contributed by atoms with Crippen molar-refractivity contribution in [2.45, 2.75) is 20.3 Å². The molecule has 0 bridgehead atoms. The van der Waals surface area contributed by atoms with Gasteiger partial charge in [0.2, 0.25) is 5.91 Å². The Morgan fingerprint density at radius 3 is 2.79 bits per heavy atom. The van der Waals surface area contributed by atoms with Gasteiger partial charge in [-0.25, -0.2) is 0 Å². The average Bonchev–Trinajstić information content (AvgIpc) is 2.62. The third kappa shape index (κ3) is 3.39. The molecule has 2 rings (SSSR count). The van der Waals surface area contributed by atoms with Gasteiger partial charge in [-0.05, 0) is 32.1 Å². The second-order valence-electron chi connectivity index (χ2n) is 4.19. The van der Waals surface area contributed by atoms with E-state index in [9.17, 15) is 9.59 Å². The smallest absolute Gasteiger partial charge is 0.250 e. The molecule has 0 unspecified atom stereocenters. The summed E-state index contributed by atoms with van der Waals surface area (Å²) in [4.78, 5) is 29.6. The monoisotopic (exact) mass is 295 g/mol. The van der Waals surface area contributed by atoms with Crippen LogP contribution >= 0.6 is 23.6 Å². The molecule has 2 aromatic rings. The number of nitrogens with one attached hydrogen (secondary N) is 3. The molecule has 0 saturated heterocycles. The van der Waals surface area contributed by atoms with Crippen LogP contribution in [0.4, 0.5) is 5.69 Å². The van der Waals surface area contributed by atoms with Crippen molar-refractivity contribution in [3.8, 4) is 0 Å². The summed E-state index contributed by atoms with van der Waals surface area (Å²) < 4.78 is 0.667. The summed E-state index contributed by atoms with van der Waals surface area (Å²) >= 11 is 6.43. The number of pyridine rings is 1. The summed E-state index contributed by atoms with van der Waals surface area (Å²) in [5, 5.41) is 2.74. The molecule has 7 heteroatoms. The van der Waals surface area contributed by atoms with Crippen LogP contribution < -0.4 is 10.9 Å². The summed E-state index contributed by atoms with van der Waals surface area (Å²) in [6.45, 7) is 3.58. The fraction of sp³-hybridized carbons (Fsp3) is 0.250. The topological polar surface area (TPSA) is 77.8 Å². The molecule has 2 aromatic heterocycles. The minimum absolute atomic E-state index is 0.139. The number of amides is 1. The van der Waals surface area contributed by atoms with E-state index in [-0.39, 0.29) is 17.9 Å². The first-order valence-electron chi connectivity index (χ1n) is 5.63. The number of H-pyrrole nitrogens is 2. The van der Waals surface area contributed by atoms with E-state index in [1.165, 1.54) is 17.5 Å². The predicted octanol–water partition coefficient (Wildman–Crippen LogP) is 2.29. The Hall–Kier alpha value is -1.73. The number of carbonyl (C=O) groups is 1. The Labute approximate surface area is 118 Å². The van der Waals surface area contributed by atoms with E-state index in [1.807, 2.05) is 6.92 Å². The number of rotatable bonds is 3. The third-order valence-corrected chi connectivity index (χ3v) is 3.95. The number of thiazole rings is 1. The van der Waals surface area contributed by atoms with Gasteiger partial charge in [0.15, 0.2) is 3.95 Å². The first-order valence-corrected chi connectivity index (χ1v) is 6.86. The zero-order valence-electron chi connectivity index (χ0n) is 10.5. The molecule has 0 fully saturated rings. The zero-order chi connectivity index (χ0) is 14.0. The van der Waals surface area contributed by atoms with Crippen LogP contribution in [0.2, 0.25) is 0 Å². The number of hydrogen-bond donors (Lipinski definition) is 3. The first-order chi connectivity index (χ1) is 8.95. The Kier molecular flexibility index (Phi) is 3.96. The van der Waals surface area contributed by atoms with Crippen molar-refractivity contribution < 1.29 is 4.79 Å². The number of aryl methyl sites for hydroxylation is 2. The summed E-state index contributed by atoms with van der Waals surface area (Å²) in [6, 6.07) is 1.64. The summed E-state index contributed by atoms with van der Waals surface area (Å²) in [6.07, 6.45) is 1.75. The van der Waals surface area contributed by atoms with Gasteiger partial charge in [-0.15, -0.1) is 11.3 Å². The highest BCUT2D eigenvalue weighted by atomic mass is 32.1. The Morgan fingerprint density at radius 1 is 1.47 bits per heavy atom. The molecule has 1 amide bonds. The summed E-state index contributed by atoms with van der Waals surface area (Å²) in [7, 11) is 0. The van der Waals surface area contributed by atoms with Gasteiger partial charge in [-0.2, -0.15) is 0 Å². The minimum atomic E-state index is -0.155. The molecule has 3 N–H and O–H groups in total. The fourth-order valence-electron chi connectivity index (χ4n) is 1.63. The highest BCUT2D eigenvalue weighted by molar-refractivity contribution is 7.73. The van der Waals surface area contributed by atoms with Gasteiger partial charge < -0.3 is 15.3 Å². The summed E-state index contributed by atoms with van der Waals surface area (Å²) in [5.41, 5.74) is 1.91. The van der Waals surface area contributed by atoms with Gasteiger partial charge >= 0.3 is 0 Å². The molecule has 0 aliphatic heterocycles. The van der Waals surface area contributed by atoms with Crippen molar-refractivity contribution in [2.24, 2.45) is 0 Å². The second kappa shape index (κ2) is 5.50. The Morgan fingerprint density at radius 2 is 2.21 bits per heavy atom. The molecule has 0 radical (unpaired) electrons. The average molecular weight is 295 g/mol. The molecule has 5 nitrogen and oxygen atoms in total. The van der Waals surface area contributed by atoms with Gasteiger partial charge in [0.05, 0.1) is 12.1 Å². The van der Waals surface area contributed by atoms with Crippen molar-refractivity contribution in [1.29, 1.82) is 0 Å². The molecule has 0 aliphatic rings. The van der Waals surface area contributed by atoms with Crippen LogP contribution in [0.25, 0.3) is 0 Å². The van der Waals surface area contributed by atoms with Crippen molar-refractivity contribution in [3.63, 3.8) is 0 Å². The lowest BCUT2D eigenvalue weighted by Crippen LogP contribution is -2.16. The largest absolute Gasteiger partial charge is 0.341 e. The lowest BCUT2D eigenvalue weighted by atomic mass is 10.2. The lowest BCUT2D eigenvalue weighted by molar-refractivity contribution is -0.115. The number of hydrogen-bond acceptors (Lipinski definition) is 4. The van der Waals surface area contributed by atoms with Crippen molar-refractivity contribution in [1.82, 2.24) is 9.97 Å². The molecular formula is C12H13N3O2S2. The van der Waals surface area contributed by atoms with Crippen LogP contribution in [-0.4, -0.2) is 15.9 Å². The van der Waals surface area contributed by atoms with E-state index in [4.69, 9.17) is 12.2 Å². The normalized spacial score (nSPS) is 10.4. The highest BCUT2D eigenvalue weighted by Crippen LogP contribution is 2.16. The van der Waals surface area contributed by atoms with Crippen LogP contribution in [0.5, 0.6) is 0 Å². The van der Waals surface area contributed by atoms with E-state index in [0.717, 1.165) is 10.6 Å². The Balaban J connectivity index is 2.09. The standard InChI is InChI=1S/C12H13N3O2S2/c1-6-3-8(5-13-11(6)17)15-10(16)4-9-7(2)14-12(18)19-9/h3,5H,4H2,1-2H3,(H,13,17)(H,14,18)(H,15,16). The molecule has 0 saturated carbocycles. The minimum Gasteiger partial charge on any atom is -0.341 e. The highest BCUT2D eigenvalue weighted by Gasteiger charge is 2.09. The van der Waals surface area contributed by atoms with Crippen molar-refractivity contribution >= 4 is 35.1 Å². The lowest BCUT2D eigenvalue weighted by Gasteiger charge is -2.05. The van der Waals surface area contributed by atoms with Gasteiger partial charge in [0.1, 0.15) is 0 Å². The molecule has 0 aromatic carbocycles. The number of aromatic nitrogens is 2. The molecule has 0 aliphatic carbocycles. The maximum Gasteiger partial charge on any atom is 0.250 e.